The van der Waals surface area contributed by atoms with Crippen molar-refractivity contribution in [3.8, 4) is 0 Å². The minimum Gasteiger partial charge on any atom is -0.457 e. The lowest BCUT2D eigenvalue weighted by atomic mass is 10.1. The molecule has 1 aliphatic rings. The third-order valence-electron chi connectivity index (χ3n) is 1.60. The number of esters is 1. The van der Waals surface area contributed by atoms with Gasteiger partial charge in [0, 0.05) is 13.3 Å². The predicted molar refractivity (Wildman–Crippen MR) is 38.1 cm³/mol. The van der Waals surface area contributed by atoms with Crippen LogP contribution in [-0.2, 0) is 14.3 Å². The van der Waals surface area contributed by atoms with E-state index in [1.54, 1.807) is 0 Å². The van der Waals surface area contributed by atoms with Gasteiger partial charge in [0.2, 0.25) is 0 Å². The summed E-state index contributed by atoms with van der Waals surface area (Å²) in [6.07, 6.45) is -2.30. The number of aliphatic hydroxyl groups excluding tert-OH is 2. The molecule has 5 heteroatoms. The molecule has 5 nitrogen and oxygen atoms in total. The van der Waals surface area contributed by atoms with Gasteiger partial charge in [-0.05, 0) is 0 Å². The van der Waals surface area contributed by atoms with Crippen LogP contribution in [0.25, 0.3) is 0 Å². The summed E-state index contributed by atoms with van der Waals surface area (Å²) in [7, 11) is 0. The topological polar surface area (TPSA) is 76.0 Å². The molecule has 0 saturated carbocycles. The van der Waals surface area contributed by atoms with E-state index < -0.39 is 24.5 Å². The molecule has 0 aliphatic carbocycles. The standard InChI is InChI=1S/C7H12O5/c1-4(8)12-6-2-5(9)3-11-7(6)10/h5-7,9-10H,2-3H2,1H3/t5-,6-,7+/m1/s1. The summed E-state index contributed by atoms with van der Waals surface area (Å²) in [6.45, 7) is 1.33. The third kappa shape index (κ3) is 2.44. The van der Waals surface area contributed by atoms with Crippen molar-refractivity contribution in [1.29, 1.82) is 0 Å². The third-order valence-corrected chi connectivity index (χ3v) is 1.60. The molecule has 0 amide bonds. The Balaban J connectivity index is 2.43. The number of hydrogen-bond donors (Lipinski definition) is 2. The lowest BCUT2D eigenvalue weighted by molar-refractivity contribution is -0.224. The van der Waals surface area contributed by atoms with Gasteiger partial charge in [-0.2, -0.15) is 0 Å². The van der Waals surface area contributed by atoms with Gasteiger partial charge in [-0.15, -0.1) is 0 Å². The van der Waals surface area contributed by atoms with Gasteiger partial charge in [-0.25, -0.2) is 0 Å². The minimum absolute atomic E-state index is 0.0823. The SMILES string of the molecule is CC(=O)O[C@@H]1C[C@@H](O)CO[C@@H]1O. The van der Waals surface area contributed by atoms with Crippen LogP contribution >= 0.6 is 0 Å². The number of rotatable bonds is 1. The monoisotopic (exact) mass is 176 g/mol. The largest absolute Gasteiger partial charge is 0.457 e. The van der Waals surface area contributed by atoms with E-state index in [-0.39, 0.29) is 13.0 Å². The van der Waals surface area contributed by atoms with Crippen LogP contribution in [0, 0.1) is 0 Å². The van der Waals surface area contributed by atoms with E-state index >= 15 is 0 Å². The lowest BCUT2D eigenvalue weighted by Gasteiger charge is -2.29. The van der Waals surface area contributed by atoms with E-state index in [0.717, 1.165) is 0 Å². The molecule has 0 aromatic rings. The van der Waals surface area contributed by atoms with Gasteiger partial charge in [-0.1, -0.05) is 0 Å². The van der Waals surface area contributed by atoms with Crippen LogP contribution < -0.4 is 0 Å². The fourth-order valence-electron chi connectivity index (χ4n) is 1.09. The molecule has 1 saturated heterocycles. The van der Waals surface area contributed by atoms with E-state index in [2.05, 4.69) is 0 Å². The van der Waals surface area contributed by atoms with Gasteiger partial charge in [0.05, 0.1) is 12.7 Å². The normalized spacial score (nSPS) is 36.1. The summed E-state index contributed by atoms with van der Waals surface area (Å²) in [5, 5.41) is 18.2. The van der Waals surface area contributed by atoms with Crippen LogP contribution in [0.1, 0.15) is 13.3 Å². The zero-order chi connectivity index (χ0) is 9.14. The van der Waals surface area contributed by atoms with Gasteiger partial charge in [-0.3, -0.25) is 4.79 Å². The van der Waals surface area contributed by atoms with Crippen LogP contribution in [0.15, 0.2) is 0 Å². The number of hydrogen-bond acceptors (Lipinski definition) is 5. The van der Waals surface area contributed by atoms with Crippen molar-refractivity contribution < 1.29 is 24.5 Å². The molecule has 1 fully saturated rings. The molecular weight excluding hydrogens is 164 g/mol. The molecule has 1 heterocycles. The molecular formula is C7H12O5. The first kappa shape index (κ1) is 9.44. The maximum Gasteiger partial charge on any atom is 0.303 e. The van der Waals surface area contributed by atoms with Gasteiger partial charge in [0.25, 0.3) is 0 Å². The highest BCUT2D eigenvalue weighted by Crippen LogP contribution is 2.15. The van der Waals surface area contributed by atoms with Gasteiger partial charge in [0.15, 0.2) is 12.4 Å². The zero-order valence-corrected chi connectivity index (χ0v) is 6.77. The summed E-state index contributed by atoms with van der Waals surface area (Å²) in [4.78, 5) is 10.5. The van der Waals surface area contributed by atoms with Crippen LogP contribution in [-0.4, -0.2) is 41.3 Å². The Morgan fingerprint density at radius 1 is 1.58 bits per heavy atom. The average Bonchev–Trinajstić information content (AvgIpc) is 1.96. The van der Waals surface area contributed by atoms with E-state index in [1.807, 2.05) is 0 Å². The van der Waals surface area contributed by atoms with Crippen molar-refractivity contribution in [2.45, 2.75) is 31.8 Å². The van der Waals surface area contributed by atoms with E-state index in [4.69, 9.17) is 19.7 Å². The van der Waals surface area contributed by atoms with Crippen LogP contribution in [0.5, 0.6) is 0 Å². The molecule has 0 aromatic carbocycles. The first-order valence-corrected chi connectivity index (χ1v) is 3.74. The van der Waals surface area contributed by atoms with Crippen LogP contribution in [0.4, 0.5) is 0 Å². The highest BCUT2D eigenvalue weighted by Gasteiger charge is 2.31. The summed E-state index contributed by atoms with van der Waals surface area (Å²) < 4.78 is 9.43. The number of carbonyl (C=O) groups is 1. The van der Waals surface area contributed by atoms with Crippen molar-refractivity contribution >= 4 is 5.97 Å². The highest BCUT2D eigenvalue weighted by atomic mass is 16.6. The molecule has 12 heavy (non-hydrogen) atoms. The fourth-order valence-corrected chi connectivity index (χ4v) is 1.09. The van der Waals surface area contributed by atoms with Crippen molar-refractivity contribution in [3.63, 3.8) is 0 Å². The second-order valence-corrected chi connectivity index (χ2v) is 2.76. The Morgan fingerprint density at radius 2 is 2.25 bits per heavy atom. The first-order valence-electron chi connectivity index (χ1n) is 3.74. The van der Waals surface area contributed by atoms with Crippen molar-refractivity contribution in [2.24, 2.45) is 0 Å². The van der Waals surface area contributed by atoms with Crippen molar-refractivity contribution in [3.05, 3.63) is 0 Å². The summed E-state index contributed by atoms with van der Waals surface area (Å²) in [5.74, 6) is -0.489. The molecule has 0 radical (unpaired) electrons. The fraction of sp³-hybridized carbons (Fsp3) is 0.857. The molecule has 0 aromatic heterocycles. The maximum atomic E-state index is 10.5. The predicted octanol–water partition coefficient (Wildman–Crippen LogP) is -0.982. The summed E-state index contributed by atoms with van der Waals surface area (Å²) >= 11 is 0. The van der Waals surface area contributed by atoms with Crippen molar-refractivity contribution in [2.75, 3.05) is 6.61 Å². The number of carbonyl (C=O) groups excluding carboxylic acids is 1. The molecule has 70 valence electrons. The Kier molecular flexibility index (Phi) is 3.02. The van der Waals surface area contributed by atoms with E-state index in [0.29, 0.717) is 0 Å². The molecule has 0 bridgehead atoms. The quantitative estimate of drug-likeness (QED) is 0.502. The Bertz CT molecular complexity index is 169. The van der Waals surface area contributed by atoms with E-state index in [1.165, 1.54) is 6.92 Å². The Hall–Kier alpha value is -0.650. The molecule has 1 aliphatic heterocycles. The summed E-state index contributed by atoms with van der Waals surface area (Å²) in [6, 6.07) is 0. The van der Waals surface area contributed by atoms with Crippen LogP contribution in [0.2, 0.25) is 0 Å². The zero-order valence-electron chi connectivity index (χ0n) is 6.77. The lowest BCUT2D eigenvalue weighted by Crippen LogP contribution is -2.43. The molecule has 0 spiro atoms. The molecule has 1 rings (SSSR count). The minimum atomic E-state index is -1.11. The van der Waals surface area contributed by atoms with Gasteiger partial charge >= 0.3 is 5.97 Å². The molecule has 2 N–H and O–H groups in total. The maximum absolute atomic E-state index is 10.5. The Labute approximate surface area is 69.9 Å². The average molecular weight is 176 g/mol. The smallest absolute Gasteiger partial charge is 0.303 e. The first-order chi connectivity index (χ1) is 5.59. The van der Waals surface area contributed by atoms with Crippen LogP contribution in [0.3, 0.4) is 0 Å². The van der Waals surface area contributed by atoms with Crippen molar-refractivity contribution in [1.82, 2.24) is 0 Å². The van der Waals surface area contributed by atoms with E-state index in [9.17, 15) is 4.79 Å². The van der Waals surface area contributed by atoms with Gasteiger partial charge < -0.3 is 19.7 Å². The van der Waals surface area contributed by atoms with Gasteiger partial charge in [0.1, 0.15) is 0 Å². The highest BCUT2D eigenvalue weighted by molar-refractivity contribution is 5.66. The second kappa shape index (κ2) is 3.84. The summed E-state index contributed by atoms with van der Waals surface area (Å²) in [5.41, 5.74) is 0. The molecule has 3 atom stereocenters. The Morgan fingerprint density at radius 3 is 2.83 bits per heavy atom. The number of aliphatic hydroxyl groups is 2. The number of ether oxygens (including phenoxy) is 2. The second-order valence-electron chi connectivity index (χ2n) is 2.76. The molecule has 0 unspecified atom stereocenters.